The van der Waals surface area contributed by atoms with Gasteiger partial charge in [-0.3, -0.25) is 0 Å². The van der Waals surface area contributed by atoms with Crippen LogP contribution in [0.15, 0.2) is 54.7 Å². The van der Waals surface area contributed by atoms with E-state index in [0.717, 1.165) is 15.4 Å². The molecule has 4 nitrogen and oxygen atoms in total. The highest BCUT2D eigenvalue weighted by Gasteiger charge is 2.11. The van der Waals surface area contributed by atoms with Crippen LogP contribution < -0.4 is 4.74 Å². The van der Waals surface area contributed by atoms with Gasteiger partial charge in [-0.15, -0.1) is 11.3 Å². The van der Waals surface area contributed by atoms with E-state index in [2.05, 4.69) is 4.98 Å². The Morgan fingerprint density at radius 3 is 2.48 bits per heavy atom. The van der Waals surface area contributed by atoms with Crippen molar-refractivity contribution in [3.63, 3.8) is 0 Å². The summed E-state index contributed by atoms with van der Waals surface area (Å²) in [5, 5.41) is 1.57. The number of esters is 1. The monoisotopic (exact) mass is 393 g/mol. The van der Waals surface area contributed by atoms with Gasteiger partial charge in [0.25, 0.3) is 0 Å². The number of hydrogen-bond donors (Lipinski definition) is 0. The minimum absolute atomic E-state index is 0.142. The lowest BCUT2D eigenvalue weighted by atomic mass is 10.2. The minimum Gasteiger partial charge on any atom is -0.479 e. The van der Waals surface area contributed by atoms with Gasteiger partial charge in [0.15, 0.2) is 12.4 Å². The maximum Gasteiger partial charge on any atom is 0.344 e. The molecule has 0 atom stereocenters. The number of carbonyl (C=O) groups is 1. The lowest BCUT2D eigenvalue weighted by Crippen LogP contribution is -2.14. The molecule has 0 amide bonds. The molecule has 7 heteroatoms. The van der Waals surface area contributed by atoms with Crippen LogP contribution in [0.3, 0.4) is 0 Å². The Balaban J connectivity index is 1.52. The standard InChI is InChI=1S/C18H13Cl2NO3S/c19-14-7-4-8-15(20)17(14)24-11-16(22)23-10-13-9-21-18(25-13)12-5-2-1-3-6-12/h1-9H,10-11H2. The zero-order valence-corrected chi connectivity index (χ0v) is 15.3. The highest BCUT2D eigenvalue weighted by Crippen LogP contribution is 2.32. The van der Waals surface area contributed by atoms with Crippen LogP contribution in [0.1, 0.15) is 4.88 Å². The van der Waals surface area contributed by atoms with Crippen LogP contribution in [-0.2, 0) is 16.1 Å². The van der Waals surface area contributed by atoms with Crippen LogP contribution >= 0.6 is 34.5 Å². The first-order chi connectivity index (χ1) is 12.1. The first kappa shape index (κ1) is 17.7. The van der Waals surface area contributed by atoms with E-state index in [9.17, 15) is 4.79 Å². The van der Waals surface area contributed by atoms with Crippen molar-refractivity contribution >= 4 is 40.5 Å². The van der Waals surface area contributed by atoms with Gasteiger partial charge in [-0.05, 0) is 12.1 Å². The van der Waals surface area contributed by atoms with Gasteiger partial charge in [0.2, 0.25) is 0 Å². The lowest BCUT2D eigenvalue weighted by Gasteiger charge is -2.09. The molecule has 0 radical (unpaired) electrons. The number of ether oxygens (including phenoxy) is 2. The second-order valence-corrected chi connectivity index (χ2v) is 6.93. The van der Waals surface area contributed by atoms with Gasteiger partial charge < -0.3 is 9.47 Å². The maximum absolute atomic E-state index is 11.8. The van der Waals surface area contributed by atoms with Crippen molar-refractivity contribution in [2.24, 2.45) is 0 Å². The highest BCUT2D eigenvalue weighted by atomic mass is 35.5. The normalized spacial score (nSPS) is 10.5. The Morgan fingerprint density at radius 1 is 1.04 bits per heavy atom. The fraction of sp³-hybridized carbons (Fsp3) is 0.111. The number of aromatic nitrogens is 1. The average Bonchev–Trinajstić information content (AvgIpc) is 3.09. The van der Waals surface area contributed by atoms with Crippen molar-refractivity contribution in [1.82, 2.24) is 4.98 Å². The summed E-state index contributed by atoms with van der Waals surface area (Å²) in [6.45, 7) is -0.128. The average molecular weight is 394 g/mol. The van der Waals surface area contributed by atoms with Crippen LogP contribution in [0.5, 0.6) is 5.75 Å². The molecule has 2 aromatic carbocycles. The van der Waals surface area contributed by atoms with Crippen molar-refractivity contribution in [3.05, 3.63) is 69.7 Å². The second kappa shape index (κ2) is 8.34. The van der Waals surface area contributed by atoms with Gasteiger partial charge >= 0.3 is 5.97 Å². The minimum atomic E-state index is -0.509. The van der Waals surface area contributed by atoms with E-state index in [0.29, 0.717) is 10.0 Å². The van der Waals surface area contributed by atoms with E-state index >= 15 is 0 Å². The molecule has 0 fully saturated rings. The molecule has 3 aromatic rings. The molecular weight excluding hydrogens is 381 g/mol. The van der Waals surface area contributed by atoms with Gasteiger partial charge in [-0.2, -0.15) is 0 Å². The zero-order chi connectivity index (χ0) is 17.6. The highest BCUT2D eigenvalue weighted by molar-refractivity contribution is 7.15. The summed E-state index contributed by atoms with van der Waals surface area (Å²) >= 11 is 13.4. The van der Waals surface area contributed by atoms with Gasteiger partial charge in [-0.1, -0.05) is 59.6 Å². The molecular formula is C18H13Cl2NO3S. The van der Waals surface area contributed by atoms with Gasteiger partial charge in [0.1, 0.15) is 11.6 Å². The molecule has 0 unspecified atom stereocenters. The van der Waals surface area contributed by atoms with E-state index in [-0.39, 0.29) is 19.0 Å². The number of hydrogen-bond acceptors (Lipinski definition) is 5. The van der Waals surface area contributed by atoms with Crippen molar-refractivity contribution < 1.29 is 14.3 Å². The number of benzene rings is 2. The first-order valence-corrected chi connectivity index (χ1v) is 8.93. The summed E-state index contributed by atoms with van der Waals surface area (Å²) in [4.78, 5) is 17.0. The molecule has 1 aromatic heterocycles. The molecule has 128 valence electrons. The molecule has 0 aliphatic carbocycles. The summed E-state index contributed by atoms with van der Waals surface area (Å²) in [5.74, 6) is -0.238. The fourth-order valence-electron chi connectivity index (χ4n) is 2.03. The molecule has 0 bridgehead atoms. The van der Waals surface area contributed by atoms with Gasteiger partial charge in [0.05, 0.1) is 14.9 Å². The van der Waals surface area contributed by atoms with E-state index in [1.807, 2.05) is 30.3 Å². The van der Waals surface area contributed by atoms with Gasteiger partial charge in [-0.25, -0.2) is 9.78 Å². The van der Waals surface area contributed by atoms with E-state index in [1.54, 1.807) is 24.4 Å². The number of halogens is 2. The van der Waals surface area contributed by atoms with Crippen LogP contribution in [0.25, 0.3) is 10.6 Å². The predicted molar refractivity (Wildman–Crippen MR) is 99.3 cm³/mol. The summed E-state index contributed by atoms with van der Waals surface area (Å²) in [6.07, 6.45) is 1.70. The Hall–Kier alpha value is -2.08. The van der Waals surface area contributed by atoms with Crippen LogP contribution in [0, 0.1) is 0 Å². The van der Waals surface area contributed by atoms with E-state index < -0.39 is 5.97 Å². The Labute approximate surface area is 158 Å². The van der Waals surface area contributed by atoms with Crippen LogP contribution in [0.2, 0.25) is 10.0 Å². The number of carbonyl (C=O) groups excluding carboxylic acids is 1. The quantitative estimate of drug-likeness (QED) is 0.537. The van der Waals surface area contributed by atoms with Crippen molar-refractivity contribution in [2.45, 2.75) is 6.61 Å². The molecule has 1 heterocycles. The summed E-state index contributed by atoms with van der Waals surface area (Å²) in [5.41, 5.74) is 1.03. The Morgan fingerprint density at radius 2 is 1.76 bits per heavy atom. The van der Waals surface area contributed by atoms with Crippen molar-refractivity contribution in [1.29, 1.82) is 0 Å². The Bertz CT molecular complexity index is 848. The zero-order valence-electron chi connectivity index (χ0n) is 12.9. The maximum atomic E-state index is 11.8. The Kier molecular flexibility index (Phi) is 5.91. The molecule has 0 spiro atoms. The molecule has 0 saturated heterocycles. The molecule has 0 saturated carbocycles. The van der Waals surface area contributed by atoms with E-state index in [4.69, 9.17) is 32.7 Å². The van der Waals surface area contributed by atoms with E-state index in [1.165, 1.54) is 11.3 Å². The van der Waals surface area contributed by atoms with Crippen molar-refractivity contribution in [2.75, 3.05) is 6.61 Å². The summed E-state index contributed by atoms with van der Waals surface area (Å²) in [6, 6.07) is 14.8. The predicted octanol–water partition coefficient (Wildman–Crippen LogP) is 5.24. The molecule has 0 aliphatic heterocycles. The number of thiazole rings is 1. The molecule has 0 N–H and O–H groups in total. The summed E-state index contributed by atoms with van der Waals surface area (Å²) in [7, 11) is 0. The molecule has 3 rings (SSSR count). The van der Waals surface area contributed by atoms with Gasteiger partial charge in [0, 0.05) is 11.8 Å². The molecule has 0 aliphatic rings. The third-order valence-corrected chi connectivity index (χ3v) is 4.82. The third kappa shape index (κ3) is 4.72. The third-order valence-electron chi connectivity index (χ3n) is 3.20. The number of rotatable bonds is 6. The SMILES string of the molecule is O=C(COc1c(Cl)cccc1Cl)OCc1cnc(-c2ccccc2)s1. The second-order valence-electron chi connectivity index (χ2n) is 5.00. The fourth-order valence-corrected chi connectivity index (χ4v) is 3.37. The van der Waals surface area contributed by atoms with Crippen LogP contribution in [-0.4, -0.2) is 17.6 Å². The lowest BCUT2D eigenvalue weighted by molar-refractivity contribution is -0.147. The molecule has 25 heavy (non-hydrogen) atoms. The number of para-hydroxylation sites is 1. The smallest absolute Gasteiger partial charge is 0.344 e. The van der Waals surface area contributed by atoms with Crippen molar-refractivity contribution in [3.8, 4) is 16.3 Å². The topological polar surface area (TPSA) is 48.4 Å². The largest absolute Gasteiger partial charge is 0.479 e. The number of nitrogens with zero attached hydrogens (tertiary/aromatic N) is 1. The summed E-state index contributed by atoms with van der Waals surface area (Å²) < 4.78 is 10.5. The first-order valence-electron chi connectivity index (χ1n) is 7.36. The van der Waals surface area contributed by atoms with Crippen LogP contribution in [0.4, 0.5) is 0 Å².